The molecule has 0 radical (unpaired) electrons. The zero-order valence-electron chi connectivity index (χ0n) is 14.0. The van der Waals surface area contributed by atoms with Crippen molar-refractivity contribution >= 4 is 32.3 Å². The molecule has 0 fully saturated rings. The van der Waals surface area contributed by atoms with Gasteiger partial charge in [0.2, 0.25) is 5.78 Å². The Morgan fingerprint density at radius 2 is 1.81 bits per heavy atom. The number of para-hydroxylation sites is 1. The molecule has 128 valence electrons. The number of thiophene rings is 1. The standard InChI is InChI=1S/C20H15N3O2S/c1-12-6-5-9-15(22-12)18(25)17-14-10-11-16(24)23(20(14)26-19(17)21)13-7-3-2-4-8-13/h2-11H,21H2,1H3. The number of carbonyl (C=O) groups is 1. The van der Waals surface area contributed by atoms with Gasteiger partial charge in [0.25, 0.3) is 5.56 Å². The monoisotopic (exact) mass is 361 g/mol. The van der Waals surface area contributed by atoms with Crippen molar-refractivity contribution in [2.45, 2.75) is 6.92 Å². The number of nitrogen functional groups attached to an aromatic ring is 1. The van der Waals surface area contributed by atoms with Gasteiger partial charge in [-0.05, 0) is 37.3 Å². The van der Waals surface area contributed by atoms with Gasteiger partial charge in [0, 0.05) is 17.1 Å². The molecule has 0 saturated carbocycles. The Hall–Kier alpha value is -3.25. The van der Waals surface area contributed by atoms with Crippen LogP contribution in [-0.4, -0.2) is 15.3 Å². The van der Waals surface area contributed by atoms with Gasteiger partial charge in [0.1, 0.15) is 10.5 Å². The Morgan fingerprint density at radius 1 is 1.04 bits per heavy atom. The second kappa shape index (κ2) is 6.24. The number of anilines is 1. The summed E-state index contributed by atoms with van der Waals surface area (Å²) in [5.41, 5.74) is 8.24. The highest BCUT2D eigenvalue weighted by Crippen LogP contribution is 2.35. The van der Waals surface area contributed by atoms with Crippen molar-refractivity contribution in [1.82, 2.24) is 9.55 Å². The summed E-state index contributed by atoms with van der Waals surface area (Å²) in [7, 11) is 0. The summed E-state index contributed by atoms with van der Waals surface area (Å²) in [4.78, 5) is 30.4. The largest absolute Gasteiger partial charge is 0.390 e. The molecule has 4 aromatic rings. The van der Waals surface area contributed by atoms with Crippen molar-refractivity contribution in [1.29, 1.82) is 0 Å². The number of aromatic nitrogens is 2. The van der Waals surface area contributed by atoms with Crippen LogP contribution in [0.5, 0.6) is 0 Å². The molecule has 4 rings (SSSR count). The highest BCUT2D eigenvalue weighted by molar-refractivity contribution is 7.22. The van der Waals surface area contributed by atoms with Gasteiger partial charge in [-0.25, -0.2) is 4.98 Å². The van der Waals surface area contributed by atoms with Gasteiger partial charge in [0.05, 0.1) is 16.3 Å². The molecule has 0 atom stereocenters. The molecular weight excluding hydrogens is 346 g/mol. The molecule has 0 bridgehead atoms. The van der Waals surface area contributed by atoms with Crippen LogP contribution in [0.3, 0.4) is 0 Å². The smallest absolute Gasteiger partial charge is 0.256 e. The van der Waals surface area contributed by atoms with Crippen molar-refractivity contribution in [3.63, 3.8) is 0 Å². The first-order valence-electron chi connectivity index (χ1n) is 8.04. The van der Waals surface area contributed by atoms with Crippen molar-refractivity contribution in [3.05, 3.63) is 88.0 Å². The van der Waals surface area contributed by atoms with Crippen LogP contribution in [0.15, 0.2) is 65.5 Å². The maximum Gasteiger partial charge on any atom is 0.256 e. The molecule has 3 heterocycles. The number of benzene rings is 1. The first-order chi connectivity index (χ1) is 12.6. The number of rotatable bonds is 3. The quantitative estimate of drug-likeness (QED) is 0.566. The average Bonchev–Trinajstić information content (AvgIpc) is 2.97. The van der Waals surface area contributed by atoms with Crippen molar-refractivity contribution < 1.29 is 4.79 Å². The number of aryl methyl sites for hydroxylation is 1. The Kier molecular flexibility index (Phi) is 3.89. The van der Waals surface area contributed by atoms with Crippen LogP contribution in [0.1, 0.15) is 21.7 Å². The summed E-state index contributed by atoms with van der Waals surface area (Å²) in [6, 6.07) is 17.7. The fraction of sp³-hybridized carbons (Fsp3) is 0.0500. The van der Waals surface area contributed by atoms with Gasteiger partial charge in [0.15, 0.2) is 0 Å². The average molecular weight is 361 g/mol. The van der Waals surface area contributed by atoms with Crippen LogP contribution >= 0.6 is 11.3 Å². The van der Waals surface area contributed by atoms with Crippen LogP contribution in [0.2, 0.25) is 0 Å². The minimum absolute atomic E-state index is 0.169. The maximum atomic E-state index is 13.0. The first kappa shape index (κ1) is 16.2. The minimum atomic E-state index is -0.240. The van der Waals surface area contributed by atoms with E-state index >= 15 is 0 Å². The zero-order chi connectivity index (χ0) is 18.3. The van der Waals surface area contributed by atoms with E-state index in [4.69, 9.17) is 5.73 Å². The lowest BCUT2D eigenvalue weighted by Gasteiger charge is -2.07. The zero-order valence-corrected chi connectivity index (χ0v) is 14.8. The lowest BCUT2D eigenvalue weighted by atomic mass is 10.1. The van der Waals surface area contributed by atoms with Gasteiger partial charge >= 0.3 is 0 Å². The van der Waals surface area contributed by atoms with Crippen molar-refractivity contribution in [3.8, 4) is 5.69 Å². The second-order valence-corrected chi connectivity index (χ2v) is 6.93. The number of nitrogens with zero attached hydrogens (tertiary/aromatic N) is 2. The molecule has 26 heavy (non-hydrogen) atoms. The summed E-state index contributed by atoms with van der Waals surface area (Å²) in [6.45, 7) is 1.83. The van der Waals surface area contributed by atoms with E-state index in [0.717, 1.165) is 11.4 Å². The van der Waals surface area contributed by atoms with Crippen LogP contribution in [0, 0.1) is 6.92 Å². The molecule has 0 spiro atoms. The number of pyridine rings is 2. The van der Waals surface area contributed by atoms with Gasteiger partial charge in [-0.15, -0.1) is 0 Å². The second-order valence-electron chi connectivity index (χ2n) is 5.90. The molecule has 0 aliphatic heterocycles. The van der Waals surface area contributed by atoms with Crippen molar-refractivity contribution in [2.24, 2.45) is 0 Å². The predicted molar refractivity (Wildman–Crippen MR) is 104 cm³/mol. The molecule has 3 aromatic heterocycles. The van der Waals surface area contributed by atoms with Gasteiger partial charge < -0.3 is 5.73 Å². The molecule has 5 nitrogen and oxygen atoms in total. The Morgan fingerprint density at radius 3 is 2.54 bits per heavy atom. The van der Waals surface area contributed by atoms with E-state index in [1.165, 1.54) is 17.4 Å². The first-order valence-corrected chi connectivity index (χ1v) is 8.86. The third-order valence-electron chi connectivity index (χ3n) is 4.13. The number of hydrogen-bond acceptors (Lipinski definition) is 5. The van der Waals surface area contributed by atoms with Gasteiger partial charge in [-0.2, -0.15) is 0 Å². The van der Waals surface area contributed by atoms with E-state index in [9.17, 15) is 9.59 Å². The number of hydrogen-bond donors (Lipinski definition) is 1. The molecule has 2 N–H and O–H groups in total. The van der Waals surface area contributed by atoms with E-state index in [-0.39, 0.29) is 11.3 Å². The number of carbonyl (C=O) groups excluding carboxylic acids is 1. The number of fused-ring (bicyclic) bond motifs is 1. The topological polar surface area (TPSA) is 78.0 Å². The molecule has 0 aliphatic carbocycles. The summed E-state index contributed by atoms with van der Waals surface area (Å²) >= 11 is 1.23. The Bertz CT molecular complexity index is 1190. The lowest BCUT2D eigenvalue weighted by Crippen LogP contribution is -2.16. The molecule has 0 unspecified atom stereocenters. The summed E-state index contributed by atoms with van der Waals surface area (Å²) in [6.07, 6.45) is 0. The van der Waals surface area contributed by atoms with Crippen molar-refractivity contribution in [2.75, 3.05) is 5.73 Å². The number of ketones is 1. The molecule has 6 heteroatoms. The van der Waals surface area contributed by atoms with Crippen LogP contribution in [0.4, 0.5) is 5.00 Å². The van der Waals surface area contributed by atoms with E-state index in [1.807, 2.05) is 43.3 Å². The SMILES string of the molecule is Cc1cccc(C(=O)c2c(N)sc3c2ccc(=O)n3-c2ccccc2)n1. The van der Waals surface area contributed by atoms with Gasteiger partial charge in [-0.3, -0.25) is 14.2 Å². The fourth-order valence-electron chi connectivity index (χ4n) is 2.95. The predicted octanol–water partition coefficient (Wildman–Crippen LogP) is 3.57. The summed E-state index contributed by atoms with van der Waals surface area (Å²) < 4.78 is 1.58. The minimum Gasteiger partial charge on any atom is -0.390 e. The van der Waals surface area contributed by atoms with E-state index < -0.39 is 0 Å². The third kappa shape index (κ3) is 2.60. The maximum absolute atomic E-state index is 13.0. The van der Waals surface area contributed by atoms with E-state index in [2.05, 4.69) is 4.98 Å². The van der Waals surface area contributed by atoms with Crippen LogP contribution in [0.25, 0.3) is 15.9 Å². The molecular formula is C20H15N3O2S. The molecule has 0 amide bonds. The van der Waals surface area contributed by atoms with Gasteiger partial charge in [-0.1, -0.05) is 35.6 Å². The third-order valence-corrected chi connectivity index (χ3v) is 5.15. The Balaban J connectivity index is 1.98. The fourth-order valence-corrected chi connectivity index (χ4v) is 4.03. The molecule has 1 aromatic carbocycles. The van der Waals surface area contributed by atoms with Crippen LogP contribution in [-0.2, 0) is 0 Å². The number of nitrogens with two attached hydrogens (primary N) is 1. The lowest BCUT2D eigenvalue weighted by molar-refractivity contribution is 0.103. The molecule has 0 aliphatic rings. The normalized spacial score (nSPS) is 11.0. The van der Waals surface area contributed by atoms with E-state index in [0.29, 0.717) is 26.5 Å². The van der Waals surface area contributed by atoms with E-state index in [1.54, 1.807) is 22.8 Å². The molecule has 0 saturated heterocycles. The highest BCUT2D eigenvalue weighted by atomic mass is 32.1. The summed E-state index contributed by atoms with van der Waals surface area (Å²) in [5, 5.41) is 1.04. The van der Waals surface area contributed by atoms with Crippen LogP contribution < -0.4 is 11.3 Å². The summed E-state index contributed by atoms with van der Waals surface area (Å²) in [5.74, 6) is -0.240. The highest BCUT2D eigenvalue weighted by Gasteiger charge is 2.22. The Labute approximate surface area is 153 Å².